The van der Waals surface area contributed by atoms with Crippen LogP contribution >= 0.6 is 0 Å². The predicted molar refractivity (Wildman–Crippen MR) is 60.0 cm³/mol. The maximum atomic E-state index is 9.44. The van der Waals surface area contributed by atoms with Crippen LogP contribution in [0, 0.1) is 0 Å². The zero-order chi connectivity index (χ0) is 10.7. The van der Waals surface area contributed by atoms with Crippen molar-refractivity contribution in [3.63, 3.8) is 0 Å². The van der Waals surface area contributed by atoms with Crippen LogP contribution in [0.2, 0.25) is 0 Å². The van der Waals surface area contributed by atoms with Crippen molar-refractivity contribution in [3.05, 3.63) is 29.8 Å². The van der Waals surface area contributed by atoms with E-state index >= 15 is 0 Å². The van der Waals surface area contributed by atoms with E-state index < -0.39 is 0 Å². The molecule has 0 bridgehead atoms. The molecule has 1 heterocycles. The zero-order valence-electron chi connectivity index (χ0n) is 9.02. The van der Waals surface area contributed by atoms with E-state index in [0.717, 1.165) is 19.5 Å². The second kappa shape index (κ2) is 4.64. The number of nitrogens with zero attached hydrogens (tertiary/aromatic N) is 1. The van der Waals surface area contributed by atoms with Gasteiger partial charge in [0, 0.05) is 25.9 Å². The second-order valence-corrected chi connectivity index (χ2v) is 3.99. The van der Waals surface area contributed by atoms with Gasteiger partial charge in [-0.25, -0.2) is 0 Å². The highest BCUT2D eigenvalue weighted by Gasteiger charge is 2.19. The van der Waals surface area contributed by atoms with Crippen LogP contribution in [0.3, 0.4) is 0 Å². The van der Waals surface area contributed by atoms with Crippen LogP contribution in [0.15, 0.2) is 24.3 Å². The minimum Gasteiger partial charge on any atom is -0.391 e. The van der Waals surface area contributed by atoms with Crippen LogP contribution in [-0.2, 0) is 11.3 Å². The van der Waals surface area contributed by atoms with Gasteiger partial charge < -0.3 is 14.7 Å². The number of benzene rings is 1. The van der Waals surface area contributed by atoms with Gasteiger partial charge in [-0.05, 0) is 24.1 Å². The number of methoxy groups -OCH3 is 1. The Morgan fingerprint density at radius 3 is 2.67 bits per heavy atom. The van der Waals surface area contributed by atoms with E-state index in [1.54, 1.807) is 7.11 Å². The molecule has 1 aliphatic heterocycles. The Kier molecular flexibility index (Phi) is 3.23. The minimum atomic E-state index is -0.163. The van der Waals surface area contributed by atoms with Gasteiger partial charge in [-0.1, -0.05) is 12.1 Å². The van der Waals surface area contributed by atoms with Gasteiger partial charge in [0.05, 0.1) is 12.7 Å². The highest BCUT2D eigenvalue weighted by atomic mass is 16.5. The molecule has 0 aromatic heterocycles. The number of rotatable bonds is 3. The fourth-order valence-electron chi connectivity index (χ4n) is 1.95. The lowest BCUT2D eigenvalue weighted by atomic mass is 10.2. The van der Waals surface area contributed by atoms with Crippen molar-refractivity contribution in [2.75, 3.05) is 25.1 Å². The Labute approximate surface area is 90.3 Å². The summed E-state index contributed by atoms with van der Waals surface area (Å²) < 4.78 is 5.06. The van der Waals surface area contributed by atoms with Crippen LogP contribution in [0.4, 0.5) is 5.69 Å². The van der Waals surface area contributed by atoms with E-state index in [-0.39, 0.29) is 6.10 Å². The molecule has 1 N–H and O–H groups in total. The molecule has 0 saturated carbocycles. The third-order valence-electron chi connectivity index (χ3n) is 2.78. The maximum Gasteiger partial charge on any atom is 0.0731 e. The minimum absolute atomic E-state index is 0.163. The molecule has 1 aliphatic rings. The molecule has 1 unspecified atom stereocenters. The van der Waals surface area contributed by atoms with Crippen LogP contribution in [0.25, 0.3) is 0 Å². The quantitative estimate of drug-likeness (QED) is 0.813. The standard InChI is InChI=1S/C12H17NO2/c1-15-9-10-2-4-11(5-3-10)13-7-6-12(14)8-13/h2-5,12,14H,6-9H2,1H3. The molecule has 2 rings (SSSR count). The molecule has 3 heteroatoms. The molecule has 1 fully saturated rings. The summed E-state index contributed by atoms with van der Waals surface area (Å²) >= 11 is 0. The molecule has 1 saturated heterocycles. The summed E-state index contributed by atoms with van der Waals surface area (Å²) in [7, 11) is 1.70. The van der Waals surface area contributed by atoms with E-state index in [2.05, 4.69) is 29.2 Å². The van der Waals surface area contributed by atoms with Crippen molar-refractivity contribution in [1.82, 2.24) is 0 Å². The van der Waals surface area contributed by atoms with Crippen LogP contribution in [-0.4, -0.2) is 31.4 Å². The van der Waals surface area contributed by atoms with E-state index in [1.165, 1.54) is 11.3 Å². The fraction of sp³-hybridized carbons (Fsp3) is 0.500. The van der Waals surface area contributed by atoms with Gasteiger partial charge in [0.15, 0.2) is 0 Å². The number of hydrogen-bond donors (Lipinski definition) is 1. The van der Waals surface area contributed by atoms with Crippen molar-refractivity contribution >= 4 is 5.69 Å². The van der Waals surface area contributed by atoms with Crippen molar-refractivity contribution in [1.29, 1.82) is 0 Å². The molecule has 15 heavy (non-hydrogen) atoms. The average Bonchev–Trinajstić information content (AvgIpc) is 2.67. The number of β-amino-alcohol motifs (C(OH)–C–C–N with tert-alkyl or cyclic N) is 1. The molecule has 82 valence electrons. The molecule has 0 radical (unpaired) electrons. The number of aliphatic hydroxyl groups is 1. The summed E-state index contributed by atoms with van der Waals surface area (Å²) in [6, 6.07) is 8.33. The van der Waals surface area contributed by atoms with Gasteiger partial charge in [0.1, 0.15) is 0 Å². The van der Waals surface area contributed by atoms with Crippen LogP contribution in [0.1, 0.15) is 12.0 Å². The largest absolute Gasteiger partial charge is 0.391 e. The number of anilines is 1. The van der Waals surface area contributed by atoms with Crippen molar-refractivity contribution in [2.24, 2.45) is 0 Å². The predicted octanol–water partition coefficient (Wildman–Crippen LogP) is 1.40. The lowest BCUT2D eigenvalue weighted by Crippen LogP contribution is -2.20. The summed E-state index contributed by atoms with van der Waals surface area (Å²) in [5, 5.41) is 9.44. The molecule has 0 spiro atoms. The Morgan fingerprint density at radius 2 is 2.13 bits per heavy atom. The van der Waals surface area contributed by atoms with Crippen molar-refractivity contribution in [2.45, 2.75) is 19.1 Å². The van der Waals surface area contributed by atoms with Crippen LogP contribution < -0.4 is 4.90 Å². The van der Waals surface area contributed by atoms with Gasteiger partial charge in [0.25, 0.3) is 0 Å². The monoisotopic (exact) mass is 207 g/mol. The van der Waals surface area contributed by atoms with Gasteiger partial charge in [0.2, 0.25) is 0 Å². The first-order valence-corrected chi connectivity index (χ1v) is 5.30. The first-order valence-electron chi connectivity index (χ1n) is 5.30. The first-order chi connectivity index (χ1) is 7.29. The topological polar surface area (TPSA) is 32.7 Å². The Balaban J connectivity index is 2.03. The van der Waals surface area contributed by atoms with E-state index in [9.17, 15) is 5.11 Å². The summed E-state index contributed by atoms with van der Waals surface area (Å²) in [6.07, 6.45) is 0.712. The number of ether oxygens (including phenoxy) is 1. The molecular weight excluding hydrogens is 190 g/mol. The molecule has 1 aromatic rings. The van der Waals surface area contributed by atoms with E-state index in [0.29, 0.717) is 6.61 Å². The molecule has 3 nitrogen and oxygen atoms in total. The molecule has 1 atom stereocenters. The van der Waals surface area contributed by atoms with Crippen molar-refractivity contribution < 1.29 is 9.84 Å². The number of aliphatic hydroxyl groups excluding tert-OH is 1. The third-order valence-corrected chi connectivity index (χ3v) is 2.78. The van der Waals surface area contributed by atoms with Gasteiger partial charge in [-0.3, -0.25) is 0 Å². The Bertz CT molecular complexity index is 310. The summed E-state index contributed by atoms with van der Waals surface area (Å²) in [5.74, 6) is 0. The van der Waals surface area contributed by atoms with Gasteiger partial charge in [-0.2, -0.15) is 0 Å². The number of hydrogen-bond acceptors (Lipinski definition) is 3. The zero-order valence-corrected chi connectivity index (χ0v) is 9.02. The summed E-state index contributed by atoms with van der Waals surface area (Å²) in [5.41, 5.74) is 2.37. The van der Waals surface area contributed by atoms with Gasteiger partial charge in [-0.15, -0.1) is 0 Å². The molecule has 0 aliphatic carbocycles. The third kappa shape index (κ3) is 2.49. The molecule has 0 amide bonds. The Morgan fingerprint density at radius 1 is 1.40 bits per heavy atom. The summed E-state index contributed by atoms with van der Waals surface area (Å²) in [4.78, 5) is 2.21. The lowest BCUT2D eigenvalue weighted by Gasteiger charge is -2.17. The van der Waals surface area contributed by atoms with Crippen molar-refractivity contribution in [3.8, 4) is 0 Å². The van der Waals surface area contributed by atoms with E-state index in [4.69, 9.17) is 4.74 Å². The highest BCUT2D eigenvalue weighted by molar-refractivity contribution is 5.48. The van der Waals surface area contributed by atoms with Gasteiger partial charge >= 0.3 is 0 Å². The highest BCUT2D eigenvalue weighted by Crippen LogP contribution is 2.20. The SMILES string of the molecule is COCc1ccc(N2CCC(O)C2)cc1. The normalized spacial score (nSPS) is 20.9. The average molecular weight is 207 g/mol. The van der Waals surface area contributed by atoms with Crippen LogP contribution in [0.5, 0.6) is 0 Å². The maximum absolute atomic E-state index is 9.44. The molecule has 1 aromatic carbocycles. The first kappa shape index (κ1) is 10.5. The second-order valence-electron chi connectivity index (χ2n) is 3.99. The molecular formula is C12H17NO2. The fourth-order valence-corrected chi connectivity index (χ4v) is 1.95. The smallest absolute Gasteiger partial charge is 0.0731 e. The Hall–Kier alpha value is -1.06. The lowest BCUT2D eigenvalue weighted by molar-refractivity contribution is 0.185. The van der Waals surface area contributed by atoms with E-state index in [1.807, 2.05) is 0 Å². The summed E-state index contributed by atoms with van der Waals surface area (Å²) in [6.45, 7) is 2.36.